The Hall–Kier alpha value is -5.56. The zero-order chi connectivity index (χ0) is 28.5. The summed E-state index contributed by atoms with van der Waals surface area (Å²) in [6.45, 7) is 0. The largest absolute Gasteiger partial charge is 0.508 e. The number of phenols is 3. The number of phenolic OH excluding ortho intramolecular Hbond substituents is 3. The molecule has 5 aromatic rings. The molecule has 0 heterocycles. The minimum Gasteiger partial charge on any atom is -0.508 e. The fourth-order valence-corrected chi connectivity index (χ4v) is 2.88. The second-order valence-electron chi connectivity index (χ2n) is 8.00. The molecule has 0 aliphatic heterocycles. The molecule has 5 aromatic carbocycles. The van der Waals surface area contributed by atoms with Gasteiger partial charge in [-0.1, -0.05) is 49.9 Å². The van der Waals surface area contributed by atoms with Crippen LogP contribution in [0.1, 0.15) is 28.1 Å². The van der Waals surface area contributed by atoms with E-state index in [-0.39, 0.29) is 18.9 Å². The number of benzene rings is 5. The normalized spacial score (nSPS) is 9.00. The van der Waals surface area contributed by atoms with E-state index in [4.69, 9.17) is 26.8 Å². The predicted octanol–water partition coefficient (Wildman–Crippen LogP) is 6.96. The number of rotatable bonds is 3. The van der Waals surface area contributed by atoms with Crippen LogP contribution < -0.4 is 11.5 Å². The van der Waals surface area contributed by atoms with Crippen LogP contribution >= 0.6 is 0 Å². The lowest BCUT2D eigenvalue weighted by molar-refractivity contribution is 0.111. The Morgan fingerprint density at radius 2 is 0.725 bits per heavy atom. The van der Waals surface area contributed by atoms with Crippen molar-refractivity contribution in [2.45, 2.75) is 7.43 Å². The van der Waals surface area contributed by atoms with E-state index in [1.54, 1.807) is 48.5 Å². The van der Waals surface area contributed by atoms with Gasteiger partial charge in [0.15, 0.2) is 0 Å². The lowest BCUT2D eigenvalue weighted by Gasteiger charge is -2.02. The molecule has 0 fully saturated rings. The Morgan fingerprint density at radius 3 is 0.975 bits per heavy atom. The first kappa shape index (κ1) is 32.5. The third-order valence-electron chi connectivity index (χ3n) is 4.97. The van der Waals surface area contributed by atoms with E-state index < -0.39 is 0 Å². The zero-order valence-electron chi connectivity index (χ0n) is 21.1. The van der Waals surface area contributed by atoms with Crippen molar-refractivity contribution in [3.8, 4) is 28.4 Å². The Morgan fingerprint density at radius 1 is 0.425 bits per heavy atom. The van der Waals surface area contributed by atoms with Crippen molar-refractivity contribution >= 4 is 23.9 Å². The lowest BCUT2D eigenvalue weighted by Crippen LogP contribution is -1.85. The van der Waals surface area contributed by atoms with Crippen LogP contribution in [0.2, 0.25) is 0 Å². The Bertz CT molecular complexity index is 1290. The van der Waals surface area contributed by atoms with E-state index in [0.29, 0.717) is 16.9 Å². The summed E-state index contributed by atoms with van der Waals surface area (Å²) in [5.41, 5.74) is 16.2. The number of hydrogen-bond donors (Lipinski definition) is 5. The van der Waals surface area contributed by atoms with Crippen LogP contribution in [0.25, 0.3) is 11.1 Å². The van der Waals surface area contributed by atoms with Crippen molar-refractivity contribution in [1.29, 1.82) is 0 Å². The summed E-state index contributed by atoms with van der Waals surface area (Å²) in [4.78, 5) is 20.1. The molecule has 206 valence electrons. The number of nitrogens with two attached hydrogens (primary N) is 2. The molecule has 0 atom stereocenters. The van der Waals surface area contributed by atoms with E-state index in [1.807, 2.05) is 54.6 Å². The van der Waals surface area contributed by atoms with Crippen molar-refractivity contribution in [2.75, 3.05) is 11.5 Å². The predicted molar refractivity (Wildman–Crippen MR) is 163 cm³/mol. The first-order valence-corrected chi connectivity index (χ1v) is 11.7. The average Bonchev–Trinajstić information content (AvgIpc) is 2.96. The van der Waals surface area contributed by atoms with E-state index in [2.05, 4.69) is 0 Å². The maximum atomic E-state index is 10.0. The molecule has 0 saturated heterocycles. The molecule has 0 saturated carbocycles. The Balaban J connectivity index is 0.000000274. The van der Waals surface area contributed by atoms with E-state index >= 15 is 0 Å². The number of anilines is 2. The van der Waals surface area contributed by atoms with Gasteiger partial charge in [0.1, 0.15) is 29.8 Å². The first-order valence-electron chi connectivity index (χ1n) is 11.7. The van der Waals surface area contributed by atoms with Crippen LogP contribution in [0.3, 0.4) is 0 Å². The maximum Gasteiger partial charge on any atom is 0.150 e. The average molecular weight is 539 g/mol. The summed E-state index contributed by atoms with van der Waals surface area (Å²) in [5.74, 6) is 0.684. The summed E-state index contributed by atoms with van der Waals surface area (Å²) in [5, 5.41) is 26.1. The van der Waals surface area contributed by atoms with Crippen LogP contribution in [0.15, 0.2) is 127 Å². The molecule has 7 heteroatoms. The molecule has 7 nitrogen and oxygen atoms in total. The van der Waals surface area contributed by atoms with Gasteiger partial charge in [-0.05, 0) is 96.1 Å². The third-order valence-corrected chi connectivity index (χ3v) is 4.97. The van der Waals surface area contributed by atoms with Crippen LogP contribution in [0.5, 0.6) is 17.2 Å². The summed E-state index contributed by atoms with van der Waals surface area (Å²) >= 11 is 0. The number of nitrogen functional groups attached to an aromatic ring is 2. The SMILES string of the molecule is C.Nc1ccc(-c2ccc(N)cc2)cc1.O=Cc1ccc(O)cc1.O=Cc1ccc(O)cc1.Oc1ccccc1. The molecule has 40 heavy (non-hydrogen) atoms. The number of para-hydroxylation sites is 1. The molecule has 0 bridgehead atoms. The van der Waals surface area contributed by atoms with Gasteiger partial charge in [-0.15, -0.1) is 0 Å². The van der Waals surface area contributed by atoms with Gasteiger partial charge in [0, 0.05) is 22.5 Å². The second-order valence-corrected chi connectivity index (χ2v) is 8.00. The maximum absolute atomic E-state index is 10.0. The summed E-state index contributed by atoms with van der Waals surface area (Å²) in [6.07, 6.45) is 1.47. The highest BCUT2D eigenvalue weighted by Crippen LogP contribution is 2.21. The molecule has 0 aliphatic rings. The Kier molecular flexibility index (Phi) is 14.5. The first-order chi connectivity index (χ1) is 18.8. The number of aldehydes is 2. The second kappa shape index (κ2) is 17.8. The number of carbonyl (C=O) groups excluding carboxylic acids is 2. The quantitative estimate of drug-likeness (QED) is 0.123. The van der Waals surface area contributed by atoms with Crippen molar-refractivity contribution in [2.24, 2.45) is 0 Å². The molecular formula is C33H34N2O5. The van der Waals surface area contributed by atoms with Crippen LogP contribution in [0.4, 0.5) is 11.4 Å². The van der Waals surface area contributed by atoms with E-state index in [0.717, 1.165) is 35.1 Å². The highest BCUT2D eigenvalue weighted by Gasteiger charge is 1.96. The third kappa shape index (κ3) is 12.6. The molecule has 0 unspecified atom stereocenters. The van der Waals surface area contributed by atoms with Gasteiger partial charge in [-0.25, -0.2) is 0 Å². The van der Waals surface area contributed by atoms with E-state index in [9.17, 15) is 9.59 Å². The fraction of sp³-hybridized carbons (Fsp3) is 0.0303. The van der Waals surface area contributed by atoms with Gasteiger partial charge in [0.25, 0.3) is 0 Å². The summed E-state index contributed by atoms with van der Waals surface area (Å²) < 4.78 is 0. The smallest absolute Gasteiger partial charge is 0.150 e. The van der Waals surface area contributed by atoms with Crippen LogP contribution in [-0.2, 0) is 0 Å². The highest BCUT2D eigenvalue weighted by molar-refractivity contribution is 5.75. The molecule has 0 spiro atoms. The minimum absolute atomic E-state index is 0. The molecular weight excluding hydrogens is 504 g/mol. The van der Waals surface area contributed by atoms with Gasteiger partial charge < -0.3 is 26.8 Å². The van der Waals surface area contributed by atoms with E-state index in [1.165, 1.54) is 24.3 Å². The summed E-state index contributed by atoms with van der Waals surface area (Å²) in [7, 11) is 0. The monoisotopic (exact) mass is 538 g/mol. The Labute approximate surface area is 234 Å². The number of aromatic hydroxyl groups is 3. The standard InChI is InChI=1S/C12H12N2.2C7H6O2.C6H6O.CH4/c13-11-5-1-9(2-6-11)10-3-7-12(14)8-4-10;2*8-5-6-1-3-7(9)4-2-6;7-6-4-2-1-3-5-6;/h1-8H,13-14H2;2*1-5,9H;1-5,7H;1H4. The van der Waals surface area contributed by atoms with Gasteiger partial charge in [0.2, 0.25) is 0 Å². The number of carbonyl (C=O) groups is 2. The molecule has 0 aliphatic carbocycles. The minimum atomic E-state index is 0. The van der Waals surface area contributed by atoms with Gasteiger partial charge in [0.05, 0.1) is 0 Å². The molecule has 0 amide bonds. The lowest BCUT2D eigenvalue weighted by atomic mass is 10.1. The molecule has 0 radical (unpaired) electrons. The molecule has 0 aromatic heterocycles. The van der Waals surface area contributed by atoms with Gasteiger partial charge in [-0.3, -0.25) is 9.59 Å². The fourth-order valence-electron chi connectivity index (χ4n) is 2.88. The van der Waals surface area contributed by atoms with Crippen molar-refractivity contribution in [3.63, 3.8) is 0 Å². The topological polar surface area (TPSA) is 147 Å². The van der Waals surface area contributed by atoms with Crippen LogP contribution in [0, 0.1) is 0 Å². The van der Waals surface area contributed by atoms with Crippen molar-refractivity contribution < 1.29 is 24.9 Å². The van der Waals surface area contributed by atoms with Crippen LogP contribution in [-0.4, -0.2) is 27.9 Å². The molecule has 7 N–H and O–H groups in total. The highest BCUT2D eigenvalue weighted by atomic mass is 16.3. The summed E-state index contributed by atoms with van der Waals surface area (Å²) in [6, 6.07) is 36.4. The number of hydrogen-bond acceptors (Lipinski definition) is 7. The molecule has 5 rings (SSSR count). The zero-order valence-corrected chi connectivity index (χ0v) is 21.1. The van der Waals surface area contributed by atoms with Gasteiger partial charge >= 0.3 is 0 Å². The van der Waals surface area contributed by atoms with Crippen molar-refractivity contribution in [3.05, 3.63) is 139 Å². The van der Waals surface area contributed by atoms with Crippen molar-refractivity contribution in [1.82, 2.24) is 0 Å². The van der Waals surface area contributed by atoms with Gasteiger partial charge in [-0.2, -0.15) is 0 Å².